The monoisotopic (exact) mass is 360 g/mol. The highest BCUT2D eigenvalue weighted by Gasteiger charge is 2.19. The van der Waals surface area contributed by atoms with Crippen LogP contribution in [-0.2, 0) is 4.79 Å². The molecule has 0 fully saturated rings. The minimum atomic E-state index is 0.409. The van der Waals surface area contributed by atoms with Gasteiger partial charge in [-0.3, -0.25) is 9.78 Å². The fourth-order valence-corrected chi connectivity index (χ4v) is 2.95. The van der Waals surface area contributed by atoms with Gasteiger partial charge in [-0.15, -0.1) is 0 Å². The van der Waals surface area contributed by atoms with Crippen LogP contribution in [-0.4, -0.2) is 48.5 Å². The molecular formula is C22H38N3O+. The Bertz CT molecular complexity index is 535. The Balaban J connectivity index is 0.000000453. The van der Waals surface area contributed by atoms with E-state index < -0.39 is 0 Å². The summed E-state index contributed by atoms with van der Waals surface area (Å²) in [7, 11) is 1.50. The van der Waals surface area contributed by atoms with Crippen LogP contribution in [0.4, 0.5) is 0 Å². The number of carbonyl (C=O) groups excluding carboxylic acids is 1. The second-order valence-corrected chi connectivity index (χ2v) is 6.21. The largest absolute Gasteiger partial charge is 0.333 e. The molecule has 1 aromatic heterocycles. The number of fused-ring (bicyclic) bond motifs is 1. The number of nitrogens with two attached hydrogens (primary N) is 1. The minimum absolute atomic E-state index is 0.409. The van der Waals surface area contributed by atoms with Crippen molar-refractivity contribution in [3.8, 4) is 0 Å². The lowest BCUT2D eigenvalue weighted by atomic mass is 10.1. The molecule has 0 aliphatic heterocycles. The highest BCUT2D eigenvalue weighted by Crippen LogP contribution is 2.09. The van der Waals surface area contributed by atoms with Crippen molar-refractivity contribution in [1.29, 1.82) is 0 Å². The maximum absolute atomic E-state index is 11.2. The molecule has 1 aromatic carbocycles. The van der Waals surface area contributed by atoms with Gasteiger partial charge >= 0.3 is 0 Å². The third kappa shape index (κ3) is 8.54. The lowest BCUT2D eigenvalue weighted by molar-refractivity contribution is -0.923. The number of quaternary nitrogens is 1. The highest BCUT2D eigenvalue weighted by atomic mass is 16.1. The molecule has 0 saturated carbocycles. The molecule has 0 bridgehead atoms. The lowest BCUT2D eigenvalue weighted by Crippen LogP contribution is -2.48. The van der Waals surface area contributed by atoms with E-state index in [0.29, 0.717) is 12.2 Å². The summed E-state index contributed by atoms with van der Waals surface area (Å²) in [4.78, 5) is 15.3. The van der Waals surface area contributed by atoms with Crippen molar-refractivity contribution in [3.63, 3.8) is 0 Å². The maximum Gasteiger partial charge on any atom is 0.132 e. The van der Waals surface area contributed by atoms with E-state index in [-0.39, 0.29) is 0 Å². The van der Waals surface area contributed by atoms with E-state index in [2.05, 4.69) is 43.6 Å². The molecule has 0 amide bonds. The summed E-state index contributed by atoms with van der Waals surface area (Å²) in [6.07, 6.45) is 4.34. The topological polar surface area (TPSA) is 56.0 Å². The first kappa shape index (κ1) is 24.2. The number of aromatic nitrogens is 1. The zero-order valence-electron chi connectivity index (χ0n) is 17.4. The molecule has 0 unspecified atom stereocenters. The molecule has 0 atom stereocenters. The van der Waals surface area contributed by atoms with Crippen molar-refractivity contribution in [2.75, 3.05) is 33.2 Å². The van der Waals surface area contributed by atoms with Crippen LogP contribution in [0, 0.1) is 0 Å². The van der Waals surface area contributed by atoms with Crippen LogP contribution in [0.5, 0.6) is 0 Å². The van der Waals surface area contributed by atoms with Gasteiger partial charge in [0.1, 0.15) is 5.78 Å². The van der Waals surface area contributed by atoms with Crippen LogP contribution >= 0.6 is 0 Å². The number of Topliss-reactive ketones (excluding diaryl/α,β-unsaturated/α-hetero) is 1. The van der Waals surface area contributed by atoms with E-state index in [1.54, 1.807) is 0 Å². The van der Waals surface area contributed by atoms with Gasteiger partial charge in [-0.05, 0) is 40.0 Å². The van der Waals surface area contributed by atoms with Crippen LogP contribution in [0.25, 0.3) is 10.9 Å². The maximum atomic E-state index is 11.2. The molecule has 2 N–H and O–H groups in total. The second kappa shape index (κ2) is 14.4. The van der Waals surface area contributed by atoms with Gasteiger partial charge in [0.25, 0.3) is 0 Å². The van der Waals surface area contributed by atoms with E-state index >= 15 is 0 Å². The molecule has 4 nitrogen and oxygen atoms in total. The normalized spacial score (nSPS) is 10.4. The van der Waals surface area contributed by atoms with Crippen molar-refractivity contribution in [2.24, 2.45) is 5.73 Å². The quantitative estimate of drug-likeness (QED) is 0.708. The molecule has 146 valence electrons. The molecule has 0 spiro atoms. The molecule has 0 aliphatic carbocycles. The molecule has 1 heterocycles. The molecular weight excluding hydrogens is 322 g/mol. The van der Waals surface area contributed by atoms with Gasteiger partial charge in [-0.1, -0.05) is 31.2 Å². The first-order valence-corrected chi connectivity index (χ1v) is 9.85. The standard InChI is InChI=1S/C12H26NO.C9H7N.CH5N/c1-5-12(14)10-9-11-13(6-2,7-3)8-4;1-2-6-9-8(4-1)5-3-7-10-9;1-2/h5-11H2,1-4H3;1-7H;2H2,1H3/q+1;;. The predicted molar refractivity (Wildman–Crippen MR) is 113 cm³/mol. The van der Waals surface area contributed by atoms with E-state index in [1.807, 2.05) is 37.4 Å². The van der Waals surface area contributed by atoms with E-state index in [0.717, 1.165) is 29.4 Å². The number of para-hydroxylation sites is 1. The Hall–Kier alpha value is -1.78. The summed E-state index contributed by atoms with van der Waals surface area (Å²) >= 11 is 0. The van der Waals surface area contributed by atoms with Gasteiger partial charge in [-0.2, -0.15) is 0 Å². The zero-order valence-corrected chi connectivity index (χ0v) is 17.4. The number of benzene rings is 1. The number of nitrogens with zero attached hydrogens (tertiary/aromatic N) is 2. The number of carbonyl (C=O) groups is 1. The zero-order chi connectivity index (χ0) is 19.8. The van der Waals surface area contributed by atoms with Crippen molar-refractivity contribution < 1.29 is 9.28 Å². The first-order chi connectivity index (χ1) is 12.6. The molecule has 2 rings (SSSR count). The third-order valence-electron chi connectivity index (χ3n) is 5.01. The van der Waals surface area contributed by atoms with Crippen LogP contribution in [0.1, 0.15) is 47.0 Å². The van der Waals surface area contributed by atoms with E-state index in [9.17, 15) is 4.79 Å². The summed E-state index contributed by atoms with van der Waals surface area (Å²) in [6.45, 7) is 13.4. The Kier molecular flexibility index (Phi) is 13.4. The van der Waals surface area contributed by atoms with Crippen LogP contribution in [0.15, 0.2) is 42.6 Å². The van der Waals surface area contributed by atoms with Crippen LogP contribution < -0.4 is 5.73 Å². The molecule has 4 heteroatoms. The van der Waals surface area contributed by atoms with Crippen molar-refractivity contribution in [1.82, 2.24) is 4.98 Å². The summed E-state index contributed by atoms with van der Waals surface area (Å²) in [5.41, 5.74) is 5.56. The molecule has 0 radical (unpaired) electrons. The van der Waals surface area contributed by atoms with Gasteiger partial charge in [-0.25, -0.2) is 0 Å². The van der Waals surface area contributed by atoms with Crippen molar-refractivity contribution in [3.05, 3.63) is 42.6 Å². The van der Waals surface area contributed by atoms with E-state index in [4.69, 9.17) is 0 Å². The second-order valence-electron chi connectivity index (χ2n) is 6.21. The van der Waals surface area contributed by atoms with Crippen molar-refractivity contribution in [2.45, 2.75) is 47.0 Å². The lowest BCUT2D eigenvalue weighted by Gasteiger charge is -2.35. The summed E-state index contributed by atoms with van der Waals surface area (Å²) in [6, 6.07) is 12.1. The highest BCUT2D eigenvalue weighted by molar-refractivity contribution is 5.78. The molecule has 26 heavy (non-hydrogen) atoms. The average Bonchev–Trinajstić information content (AvgIpc) is 2.73. The SMILES string of the molecule is CCC(=O)CCC[N+](CC)(CC)CC.CN.c1ccc2ncccc2c1. The van der Waals surface area contributed by atoms with Gasteiger partial charge < -0.3 is 10.2 Å². The van der Waals surface area contributed by atoms with Gasteiger partial charge in [0.15, 0.2) is 0 Å². The number of rotatable bonds is 8. The third-order valence-corrected chi connectivity index (χ3v) is 5.01. The van der Waals surface area contributed by atoms with Gasteiger partial charge in [0, 0.05) is 30.8 Å². The van der Waals surface area contributed by atoms with Crippen LogP contribution in [0.2, 0.25) is 0 Å². The van der Waals surface area contributed by atoms with Gasteiger partial charge in [0.2, 0.25) is 0 Å². The van der Waals surface area contributed by atoms with Crippen molar-refractivity contribution >= 4 is 16.7 Å². The van der Waals surface area contributed by atoms with Gasteiger partial charge in [0.05, 0.1) is 31.7 Å². The average molecular weight is 361 g/mol. The Morgan fingerprint density at radius 2 is 1.54 bits per heavy atom. The summed E-state index contributed by atoms with van der Waals surface area (Å²) in [5, 5.41) is 1.20. The summed E-state index contributed by atoms with van der Waals surface area (Å²) < 4.78 is 1.16. The molecule has 0 saturated heterocycles. The Labute approximate surface area is 160 Å². The van der Waals surface area contributed by atoms with Crippen LogP contribution in [0.3, 0.4) is 0 Å². The number of hydrogen-bond acceptors (Lipinski definition) is 3. The molecule has 2 aromatic rings. The fourth-order valence-electron chi connectivity index (χ4n) is 2.95. The summed E-state index contributed by atoms with van der Waals surface area (Å²) in [5.74, 6) is 0.409. The minimum Gasteiger partial charge on any atom is -0.333 e. The smallest absolute Gasteiger partial charge is 0.132 e. The Morgan fingerprint density at radius 1 is 0.962 bits per heavy atom. The van der Waals surface area contributed by atoms with E-state index in [1.165, 1.54) is 32.1 Å². The fraction of sp³-hybridized carbons (Fsp3) is 0.545. The number of hydrogen-bond donors (Lipinski definition) is 1. The molecule has 0 aliphatic rings. The first-order valence-electron chi connectivity index (χ1n) is 9.85. The Morgan fingerprint density at radius 3 is 2.08 bits per heavy atom. The number of ketones is 1. The number of pyridine rings is 1. The predicted octanol–water partition coefficient (Wildman–Crippen LogP) is 4.43.